The lowest BCUT2D eigenvalue weighted by Crippen LogP contribution is -2.51. The summed E-state index contributed by atoms with van der Waals surface area (Å²) in [5, 5.41) is 9.41. The first kappa shape index (κ1) is 13.9. The highest BCUT2D eigenvalue weighted by molar-refractivity contribution is 6.01. The Morgan fingerprint density at radius 1 is 1.38 bits per heavy atom. The van der Waals surface area contributed by atoms with E-state index in [1.54, 1.807) is 18.0 Å². The lowest BCUT2D eigenvalue weighted by molar-refractivity contribution is -0.138. The van der Waals surface area contributed by atoms with Gasteiger partial charge in [0.05, 0.1) is 12.6 Å². The first-order valence-corrected chi connectivity index (χ1v) is 7.04. The third kappa shape index (κ3) is 2.35. The molecule has 0 spiro atoms. The van der Waals surface area contributed by atoms with Crippen LogP contribution >= 0.6 is 0 Å². The molecular formula is C15H18N2O4. The second-order valence-corrected chi connectivity index (χ2v) is 5.47. The number of amides is 2. The molecule has 2 atom stereocenters. The van der Waals surface area contributed by atoms with Gasteiger partial charge in [-0.2, -0.15) is 0 Å². The molecule has 0 bridgehead atoms. The van der Waals surface area contributed by atoms with Crippen molar-refractivity contribution in [3.63, 3.8) is 0 Å². The van der Waals surface area contributed by atoms with Crippen LogP contribution in [0.2, 0.25) is 0 Å². The van der Waals surface area contributed by atoms with E-state index in [9.17, 15) is 14.7 Å². The maximum absolute atomic E-state index is 12.7. The normalized spacial score (nSPS) is 24.0. The van der Waals surface area contributed by atoms with E-state index in [0.29, 0.717) is 25.3 Å². The largest absolute Gasteiger partial charge is 0.480 e. The van der Waals surface area contributed by atoms with Crippen LogP contribution in [0.15, 0.2) is 24.3 Å². The molecule has 6 heteroatoms. The van der Waals surface area contributed by atoms with Crippen LogP contribution < -0.4 is 4.90 Å². The zero-order valence-electron chi connectivity index (χ0n) is 11.9. The standard InChI is InChI=1S/C15H18N2O4/c1-16(11-6-7-21-9-11)15(20)17-12-5-3-2-4-10(12)8-13(17)14(18)19/h2-5,11,13H,6-9H2,1H3,(H,18,19)/t11?,13-/m0/s1. The topological polar surface area (TPSA) is 70.1 Å². The summed E-state index contributed by atoms with van der Waals surface area (Å²) in [4.78, 5) is 27.2. The van der Waals surface area contributed by atoms with Crippen molar-refractivity contribution in [3.05, 3.63) is 29.8 Å². The Labute approximate surface area is 122 Å². The molecule has 2 aliphatic rings. The van der Waals surface area contributed by atoms with Crippen LogP contribution in [0.1, 0.15) is 12.0 Å². The Morgan fingerprint density at radius 2 is 2.14 bits per heavy atom. The van der Waals surface area contributed by atoms with E-state index in [-0.39, 0.29) is 12.1 Å². The summed E-state index contributed by atoms with van der Waals surface area (Å²) in [5.41, 5.74) is 1.59. The molecule has 112 valence electrons. The number of carboxylic acid groups (broad SMARTS) is 1. The molecule has 1 saturated heterocycles. The number of aliphatic carboxylic acids is 1. The summed E-state index contributed by atoms with van der Waals surface area (Å²) >= 11 is 0. The van der Waals surface area contributed by atoms with E-state index >= 15 is 0 Å². The first-order chi connectivity index (χ1) is 10.1. The summed E-state index contributed by atoms with van der Waals surface area (Å²) < 4.78 is 5.31. The van der Waals surface area contributed by atoms with Crippen molar-refractivity contribution in [1.82, 2.24) is 4.90 Å². The molecule has 0 aromatic heterocycles. The molecule has 1 aromatic rings. The number of carbonyl (C=O) groups is 2. The Bertz CT molecular complexity index is 569. The highest BCUT2D eigenvalue weighted by Gasteiger charge is 2.40. The van der Waals surface area contributed by atoms with Crippen molar-refractivity contribution in [1.29, 1.82) is 0 Å². The van der Waals surface area contributed by atoms with Crippen LogP contribution in [0.4, 0.5) is 10.5 Å². The van der Waals surface area contributed by atoms with Gasteiger partial charge in [-0.05, 0) is 18.1 Å². The molecule has 3 rings (SSSR count). The minimum Gasteiger partial charge on any atom is -0.480 e. The summed E-state index contributed by atoms with van der Waals surface area (Å²) in [6, 6.07) is 6.26. The quantitative estimate of drug-likeness (QED) is 0.892. The first-order valence-electron chi connectivity index (χ1n) is 7.04. The van der Waals surface area contributed by atoms with Crippen LogP contribution in [0.25, 0.3) is 0 Å². The van der Waals surface area contributed by atoms with Gasteiger partial charge in [0, 0.05) is 25.8 Å². The smallest absolute Gasteiger partial charge is 0.327 e. The summed E-state index contributed by atoms with van der Waals surface area (Å²) in [6.45, 7) is 1.15. The second kappa shape index (κ2) is 5.37. The highest BCUT2D eigenvalue weighted by atomic mass is 16.5. The number of carboxylic acids is 1. The number of benzene rings is 1. The maximum atomic E-state index is 12.7. The fraction of sp³-hybridized carbons (Fsp3) is 0.467. The van der Waals surface area contributed by atoms with Crippen LogP contribution in [0, 0.1) is 0 Å². The predicted molar refractivity (Wildman–Crippen MR) is 76.4 cm³/mol. The van der Waals surface area contributed by atoms with E-state index < -0.39 is 12.0 Å². The molecule has 1 unspecified atom stereocenters. The van der Waals surface area contributed by atoms with Crippen molar-refractivity contribution < 1.29 is 19.4 Å². The van der Waals surface area contributed by atoms with Crippen molar-refractivity contribution in [2.24, 2.45) is 0 Å². The number of ether oxygens (including phenoxy) is 1. The number of urea groups is 1. The summed E-state index contributed by atoms with van der Waals surface area (Å²) in [5.74, 6) is -0.976. The molecule has 0 radical (unpaired) electrons. The lowest BCUT2D eigenvalue weighted by atomic mass is 10.1. The maximum Gasteiger partial charge on any atom is 0.327 e. The number of rotatable bonds is 2. The van der Waals surface area contributed by atoms with Crippen LogP contribution in [0.3, 0.4) is 0 Å². The molecule has 6 nitrogen and oxygen atoms in total. The Hall–Kier alpha value is -2.08. The van der Waals surface area contributed by atoms with E-state index in [1.165, 1.54) is 4.90 Å². The van der Waals surface area contributed by atoms with Gasteiger partial charge in [0.1, 0.15) is 6.04 Å². The van der Waals surface area contributed by atoms with Crippen molar-refractivity contribution in [2.75, 3.05) is 25.2 Å². The highest BCUT2D eigenvalue weighted by Crippen LogP contribution is 2.33. The van der Waals surface area contributed by atoms with E-state index in [0.717, 1.165) is 12.0 Å². The van der Waals surface area contributed by atoms with Gasteiger partial charge in [0.2, 0.25) is 0 Å². The van der Waals surface area contributed by atoms with Crippen molar-refractivity contribution in [2.45, 2.75) is 24.9 Å². The van der Waals surface area contributed by atoms with Gasteiger partial charge in [0.25, 0.3) is 0 Å². The molecule has 2 aliphatic heterocycles. The van der Waals surface area contributed by atoms with Gasteiger partial charge in [-0.1, -0.05) is 18.2 Å². The zero-order valence-corrected chi connectivity index (χ0v) is 11.9. The molecular weight excluding hydrogens is 272 g/mol. The number of likely N-dealkylation sites (N-methyl/N-ethyl adjacent to an activating group) is 1. The average molecular weight is 290 g/mol. The predicted octanol–water partition coefficient (Wildman–Crippen LogP) is 1.34. The fourth-order valence-corrected chi connectivity index (χ4v) is 2.97. The minimum atomic E-state index is -0.976. The monoisotopic (exact) mass is 290 g/mol. The number of hydrogen-bond donors (Lipinski definition) is 1. The number of para-hydroxylation sites is 1. The van der Waals surface area contributed by atoms with Gasteiger partial charge >= 0.3 is 12.0 Å². The van der Waals surface area contributed by atoms with Gasteiger partial charge < -0.3 is 14.7 Å². The van der Waals surface area contributed by atoms with Crippen LogP contribution in [-0.4, -0.2) is 54.4 Å². The van der Waals surface area contributed by atoms with E-state index in [4.69, 9.17) is 4.74 Å². The average Bonchev–Trinajstić information content (AvgIpc) is 3.12. The van der Waals surface area contributed by atoms with Crippen LogP contribution in [0.5, 0.6) is 0 Å². The van der Waals surface area contributed by atoms with E-state index in [2.05, 4.69) is 0 Å². The number of hydrogen-bond acceptors (Lipinski definition) is 3. The summed E-state index contributed by atoms with van der Waals surface area (Å²) in [6.07, 6.45) is 1.14. The number of carbonyl (C=O) groups excluding carboxylic acids is 1. The van der Waals surface area contributed by atoms with E-state index in [1.807, 2.05) is 18.2 Å². The molecule has 21 heavy (non-hydrogen) atoms. The Balaban J connectivity index is 1.90. The number of nitrogens with zero attached hydrogens (tertiary/aromatic N) is 2. The molecule has 2 amide bonds. The molecule has 1 aromatic carbocycles. The minimum absolute atomic E-state index is 0.0136. The molecule has 0 saturated carbocycles. The third-order valence-electron chi connectivity index (χ3n) is 4.22. The van der Waals surface area contributed by atoms with Crippen LogP contribution in [-0.2, 0) is 16.0 Å². The van der Waals surface area contributed by atoms with Crippen molar-refractivity contribution >= 4 is 17.7 Å². The molecule has 2 heterocycles. The SMILES string of the molecule is CN(C(=O)N1c2ccccc2C[C@H]1C(=O)O)C1CCOC1. The van der Waals surface area contributed by atoms with Gasteiger partial charge in [-0.3, -0.25) is 4.90 Å². The van der Waals surface area contributed by atoms with Gasteiger partial charge in [0.15, 0.2) is 0 Å². The third-order valence-corrected chi connectivity index (χ3v) is 4.22. The summed E-state index contributed by atoms with van der Waals surface area (Å²) in [7, 11) is 1.71. The Kier molecular flexibility index (Phi) is 3.55. The number of fused-ring (bicyclic) bond motifs is 1. The lowest BCUT2D eigenvalue weighted by Gasteiger charge is -2.31. The van der Waals surface area contributed by atoms with Gasteiger partial charge in [-0.15, -0.1) is 0 Å². The van der Waals surface area contributed by atoms with Gasteiger partial charge in [-0.25, -0.2) is 9.59 Å². The Morgan fingerprint density at radius 3 is 2.81 bits per heavy atom. The zero-order chi connectivity index (χ0) is 15.0. The number of anilines is 1. The fourth-order valence-electron chi connectivity index (χ4n) is 2.97. The second-order valence-electron chi connectivity index (χ2n) is 5.47. The molecule has 1 N–H and O–H groups in total. The molecule has 1 fully saturated rings. The van der Waals surface area contributed by atoms with Crippen molar-refractivity contribution in [3.8, 4) is 0 Å². The molecule has 0 aliphatic carbocycles.